The number of nitrogens with zero attached hydrogens (tertiary/aromatic N) is 5. The molecule has 1 fully saturated rings. The van der Waals surface area contributed by atoms with Gasteiger partial charge in [0.25, 0.3) is 0 Å². The minimum absolute atomic E-state index is 0.0804. The third-order valence-corrected chi connectivity index (χ3v) is 4.09. The fourth-order valence-electron chi connectivity index (χ4n) is 2.71. The van der Waals surface area contributed by atoms with Crippen molar-refractivity contribution in [3.8, 4) is 5.69 Å². The first-order valence-corrected chi connectivity index (χ1v) is 7.84. The van der Waals surface area contributed by atoms with E-state index in [4.69, 9.17) is 0 Å². The van der Waals surface area contributed by atoms with E-state index in [-0.39, 0.29) is 5.41 Å². The van der Waals surface area contributed by atoms with Gasteiger partial charge in [0.05, 0.1) is 24.6 Å². The maximum atomic E-state index is 4.66. The zero-order valence-electron chi connectivity index (χ0n) is 13.3. The summed E-state index contributed by atoms with van der Waals surface area (Å²) in [6, 6.07) is 2.08. The van der Waals surface area contributed by atoms with Gasteiger partial charge >= 0.3 is 0 Å². The summed E-state index contributed by atoms with van der Waals surface area (Å²) < 4.78 is 3.94. The largest absolute Gasteiger partial charge is 0.301 e. The molecule has 114 valence electrons. The average molecular weight is 287 g/mol. The minimum atomic E-state index is 0.0804. The molecule has 0 radical (unpaired) electrons. The van der Waals surface area contributed by atoms with Crippen LogP contribution in [0.1, 0.15) is 39.3 Å². The number of likely N-dealkylation sites (tertiary alicyclic amines) is 1. The van der Waals surface area contributed by atoms with Gasteiger partial charge in [-0.05, 0) is 32.0 Å². The summed E-state index contributed by atoms with van der Waals surface area (Å²) in [6.07, 6.45) is 8.67. The first-order chi connectivity index (χ1) is 10.0. The second kappa shape index (κ2) is 5.64. The normalized spacial score (nSPS) is 16.7. The van der Waals surface area contributed by atoms with E-state index in [9.17, 15) is 0 Å². The van der Waals surface area contributed by atoms with Crippen molar-refractivity contribution < 1.29 is 0 Å². The van der Waals surface area contributed by atoms with E-state index in [0.29, 0.717) is 0 Å². The standard InChI is InChI=1S/C16H25N5/c1-16(2,3)15-6-9-21(18-15)14-12-17-20(13-14)11-10-19-7-4-5-8-19/h6,9,12-13H,4-5,7-8,10-11H2,1-3H3. The van der Waals surface area contributed by atoms with Crippen LogP contribution in [0.5, 0.6) is 0 Å². The van der Waals surface area contributed by atoms with Crippen molar-refractivity contribution in [1.29, 1.82) is 0 Å². The smallest absolute Gasteiger partial charge is 0.102 e. The van der Waals surface area contributed by atoms with Crippen molar-refractivity contribution in [2.45, 2.75) is 45.6 Å². The molecule has 5 heteroatoms. The van der Waals surface area contributed by atoms with E-state index in [1.807, 2.05) is 21.8 Å². The summed E-state index contributed by atoms with van der Waals surface area (Å²) in [7, 11) is 0. The molecule has 0 N–H and O–H groups in total. The van der Waals surface area contributed by atoms with Crippen LogP contribution in [0.25, 0.3) is 5.69 Å². The summed E-state index contributed by atoms with van der Waals surface area (Å²) in [5.74, 6) is 0. The second-order valence-electron chi connectivity index (χ2n) is 6.91. The lowest BCUT2D eigenvalue weighted by Crippen LogP contribution is -2.24. The lowest BCUT2D eigenvalue weighted by molar-refractivity contribution is 0.316. The van der Waals surface area contributed by atoms with Crippen molar-refractivity contribution in [1.82, 2.24) is 24.5 Å². The molecule has 0 unspecified atom stereocenters. The first kappa shape index (κ1) is 14.3. The molecule has 0 spiro atoms. The molecule has 3 heterocycles. The molecule has 1 saturated heterocycles. The first-order valence-electron chi connectivity index (χ1n) is 7.84. The van der Waals surface area contributed by atoms with Gasteiger partial charge in [0.2, 0.25) is 0 Å². The predicted molar refractivity (Wildman–Crippen MR) is 83.7 cm³/mol. The predicted octanol–water partition coefficient (Wildman–Crippen LogP) is 2.46. The highest BCUT2D eigenvalue weighted by Crippen LogP contribution is 2.20. The number of aromatic nitrogens is 4. The molecular weight excluding hydrogens is 262 g/mol. The zero-order chi connectivity index (χ0) is 14.9. The van der Waals surface area contributed by atoms with Crippen molar-refractivity contribution in [2.24, 2.45) is 0 Å². The lowest BCUT2D eigenvalue weighted by atomic mass is 9.93. The minimum Gasteiger partial charge on any atom is -0.301 e. The molecule has 0 saturated carbocycles. The van der Waals surface area contributed by atoms with Crippen LogP contribution in [0.3, 0.4) is 0 Å². The second-order valence-corrected chi connectivity index (χ2v) is 6.91. The summed E-state index contributed by atoms with van der Waals surface area (Å²) in [6.45, 7) is 11.1. The molecular formula is C16H25N5. The van der Waals surface area contributed by atoms with Crippen LogP contribution in [0.2, 0.25) is 0 Å². The van der Waals surface area contributed by atoms with Gasteiger partial charge < -0.3 is 4.90 Å². The van der Waals surface area contributed by atoms with Crippen molar-refractivity contribution in [3.05, 3.63) is 30.4 Å². The molecule has 2 aromatic rings. The monoisotopic (exact) mass is 287 g/mol. The lowest BCUT2D eigenvalue weighted by Gasteiger charge is -2.14. The number of rotatable bonds is 4. The fraction of sp³-hybridized carbons (Fsp3) is 0.625. The summed E-state index contributed by atoms with van der Waals surface area (Å²) in [4.78, 5) is 2.51. The van der Waals surface area contributed by atoms with E-state index in [1.165, 1.54) is 25.9 Å². The van der Waals surface area contributed by atoms with Gasteiger partial charge in [-0.15, -0.1) is 0 Å². The Labute approximate surface area is 126 Å². The summed E-state index contributed by atoms with van der Waals surface area (Å²) >= 11 is 0. The topological polar surface area (TPSA) is 38.9 Å². The highest BCUT2D eigenvalue weighted by molar-refractivity contribution is 5.26. The van der Waals surface area contributed by atoms with E-state index < -0.39 is 0 Å². The Balaban J connectivity index is 1.65. The highest BCUT2D eigenvalue weighted by Gasteiger charge is 2.17. The van der Waals surface area contributed by atoms with Crippen molar-refractivity contribution in [3.63, 3.8) is 0 Å². The Kier molecular flexibility index (Phi) is 3.85. The van der Waals surface area contributed by atoms with E-state index in [2.05, 4.69) is 48.1 Å². The molecule has 0 aromatic carbocycles. The molecule has 0 aliphatic carbocycles. The molecule has 0 amide bonds. The average Bonchev–Trinajstić information content (AvgIpc) is 3.16. The SMILES string of the molecule is CC(C)(C)c1ccn(-c2cnn(CCN3CCCC3)c2)n1. The van der Waals surface area contributed by atoms with Gasteiger partial charge in [0.1, 0.15) is 5.69 Å². The zero-order valence-corrected chi connectivity index (χ0v) is 13.3. The van der Waals surface area contributed by atoms with Gasteiger partial charge in [0.15, 0.2) is 0 Å². The molecule has 1 aliphatic heterocycles. The molecule has 3 rings (SSSR count). The third-order valence-electron chi connectivity index (χ3n) is 4.09. The van der Waals surface area contributed by atoms with Crippen LogP contribution in [0.15, 0.2) is 24.7 Å². The fourth-order valence-corrected chi connectivity index (χ4v) is 2.71. The van der Waals surface area contributed by atoms with Crippen LogP contribution >= 0.6 is 0 Å². The van der Waals surface area contributed by atoms with E-state index in [1.54, 1.807) is 0 Å². The molecule has 1 aliphatic rings. The molecule has 2 aromatic heterocycles. The van der Waals surface area contributed by atoms with Crippen molar-refractivity contribution in [2.75, 3.05) is 19.6 Å². The van der Waals surface area contributed by atoms with Gasteiger partial charge in [0, 0.05) is 18.2 Å². The molecule has 0 bridgehead atoms. The Hall–Kier alpha value is -1.62. The number of hydrogen-bond acceptors (Lipinski definition) is 3. The molecule has 5 nitrogen and oxygen atoms in total. The van der Waals surface area contributed by atoms with Gasteiger partial charge in [-0.1, -0.05) is 20.8 Å². The molecule has 21 heavy (non-hydrogen) atoms. The Morgan fingerprint density at radius 3 is 2.57 bits per heavy atom. The van der Waals surface area contributed by atoms with Crippen LogP contribution in [-0.4, -0.2) is 44.1 Å². The van der Waals surface area contributed by atoms with Gasteiger partial charge in [-0.3, -0.25) is 4.68 Å². The summed E-state index contributed by atoms with van der Waals surface area (Å²) in [5.41, 5.74) is 2.22. The van der Waals surface area contributed by atoms with Gasteiger partial charge in [-0.2, -0.15) is 10.2 Å². The maximum absolute atomic E-state index is 4.66. The third kappa shape index (κ3) is 3.35. The number of hydrogen-bond donors (Lipinski definition) is 0. The Bertz CT molecular complexity index is 584. The van der Waals surface area contributed by atoms with E-state index in [0.717, 1.165) is 24.5 Å². The Morgan fingerprint density at radius 1 is 1.14 bits per heavy atom. The van der Waals surface area contributed by atoms with Gasteiger partial charge in [-0.25, -0.2) is 4.68 Å². The Morgan fingerprint density at radius 2 is 1.90 bits per heavy atom. The molecule has 0 atom stereocenters. The highest BCUT2D eigenvalue weighted by atomic mass is 15.3. The van der Waals surface area contributed by atoms with E-state index >= 15 is 0 Å². The van der Waals surface area contributed by atoms with Crippen LogP contribution in [-0.2, 0) is 12.0 Å². The maximum Gasteiger partial charge on any atom is 0.102 e. The van der Waals surface area contributed by atoms with Crippen LogP contribution in [0.4, 0.5) is 0 Å². The summed E-state index contributed by atoms with van der Waals surface area (Å²) in [5, 5.41) is 9.11. The quantitative estimate of drug-likeness (QED) is 0.867. The van der Waals surface area contributed by atoms with Crippen molar-refractivity contribution >= 4 is 0 Å². The van der Waals surface area contributed by atoms with Crippen LogP contribution in [0, 0.1) is 0 Å². The van der Waals surface area contributed by atoms with Crippen LogP contribution < -0.4 is 0 Å².